The third-order valence-corrected chi connectivity index (χ3v) is 5.81. The second kappa shape index (κ2) is 6.61. The summed E-state index contributed by atoms with van der Waals surface area (Å²) in [5.74, 6) is 6.25. The molecule has 0 aromatic heterocycles. The molecule has 1 aliphatic rings. The Hall–Kier alpha value is -1.35. The Bertz CT molecular complexity index is 640. The second-order valence-electron chi connectivity index (χ2n) is 5.53. The first-order chi connectivity index (χ1) is 9.94. The van der Waals surface area contributed by atoms with Gasteiger partial charge in [-0.25, -0.2) is 8.42 Å². The van der Waals surface area contributed by atoms with Crippen molar-refractivity contribution in [2.75, 3.05) is 18.9 Å². The molecule has 1 heterocycles. The number of nitrogens with zero attached hydrogens (tertiary/aromatic N) is 1. The Morgan fingerprint density at radius 3 is 2.57 bits per heavy atom. The molecule has 2 unspecified atom stereocenters. The molecule has 0 spiro atoms. The van der Waals surface area contributed by atoms with E-state index in [1.54, 1.807) is 4.31 Å². The summed E-state index contributed by atoms with van der Waals surface area (Å²) in [6.45, 7) is 4.53. The van der Waals surface area contributed by atoms with Gasteiger partial charge in [-0.1, -0.05) is 30.9 Å². The summed E-state index contributed by atoms with van der Waals surface area (Å²) in [5, 5.41) is 8.69. The first-order valence-electron chi connectivity index (χ1n) is 7.13. The summed E-state index contributed by atoms with van der Waals surface area (Å²) in [6.07, 6.45) is 0.460. The van der Waals surface area contributed by atoms with Gasteiger partial charge in [0.05, 0.1) is 12.4 Å². The van der Waals surface area contributed by atoms with Crippen LogP contribution in [0.25, 0.3) is 0 Å². The predicted molar refractivity (Wildman–Crippen MR) is 83.1 cm³/mol. The quantitative estimate of drug-likeness (QED) is 0.866. The van der Waals surface area contributed by atoms with Crippen LogP contribution >= 0.6 is 0 Å². The summed E-state index contributed by atoms with van der Waals surface area (Å²) in [7, 11) is -3.13. The number of hydrogen-bond acceptors (Lipinski definition) is 3. The van der Waals surface area contributed by atoms with E-state index in [4.69, 9.17) is 5.11 Å². The van der Waals surface area contributed by atoms with Crippen molar-refractivity contribution in [3.63, 3.8) is 0 Å². The van der Waals surface area contributed by atoms with Gasteiger partial charge in [0.15, 0.2) is 0 Å². The molecule has 0 bridgehead atoms. The first kappa shape index (κ1) is 16.0. The van der Waals surface area contributed by atoms with Gasteiger partial charge < -0.3 is 5.11 Å². The lowest BCUT2D eigenvalue weighted by molar-refractivity contribution is 0.305. The molecule has 1 saturated heterocycles. The highest BCUT2D eigenvalue weighted by molar-refractivity contribution is 7.89. The monoisotopic (exact) mass is 307 g/mol. The summed E-state index contributed by atoms with van der Waals surface area (Å²) in [5.41, 5.74) is 1.84. The zero-order valence-electron chi connectivity index (χ0n) is 12.4. The average molecular weight is 307 g/mol. The number of sulfonamides is 1. The van der Waals surface area contributed by atoms with Crippen LogP contribution in [-0.2, 0) is 10.0 Å². The molecule has 114 valence electrons. The molecule has 1 aromatic rings. The summed E-state index contributed by atoms with van der Waals surface area (Å²) >= 11 is 0. The first-order valence-corrected chi connectivity index (χ1v) is 8.74. The van der Waals surface area contributed by atoms with Crippen LogP contribution in [0.1, 0.15) is 37.4 Å². The Kier molecular flexibility index (Phi) is 5.04. The highest BCUT2D eigenvalue weighted by Gasteiger charge is 2.37. The van der Waals surface area contributed by atoms with E-state index in [9.17, 15) is 8.42 Å². The predicted octanol–water partition coefficient (Wildman–Crippen LogP) is 1.76. The third-order valence-electron chi connectivity index (χ3n) is 3.64. The van der Waals surface area contributed by atoms with Crippen LogP contribution in [0.2, 0.25) is 0 Å². The van der Waals surface area contributed by atoms with Crippen LogP contribution < -0.4 is 0 Å². The highest BCUT2D eigenvalue weighted by atomic mass is 32.2. The molecule has 2 atom stereocenters. The van der Waals surface area contributed by atoms with Crippen LogP contribution in [0.5, 0.6) is 0 Å². The lowest BCUT2D eigenvalue weighted by Crippen LogP contribution is -2.29. The maximum absolute atomic E-state index is 12.1. The molecular weight excluding hydrogens is 286 g/mol. The molecule has 1 aromatic carbocycles. The standard InChI is InChI=1S/C16H21NO3S/c1-13-11-17(21(19,20)12-13)14(2)16-8-6-15(7-9-16)5-3-4-10-18/h6-9,13-14,18H,4,10-12H2,1-2H3. The van der Waals surface area contributed by atoms with E-state index in [0.29, 0.717) is 13.0 Å². The van der Waals surface area contributed by atoms with Crippen molar-refractivity contribution in [1.82, 2.24) is 4.31 Å². The molecule has 0 saturated carbocycles. The molecule has 21 heavy (non-hydrogen) atoms. The van der Waals surface area contributed by atoms with E-state index in [1.165, 1.54) is 0 Å². The molecule has 1 aliphatic heterocycles. The van der Waals surface area contributed by atoms with Gasteiger partial charge in [-0.15, -0.1) is 0 Å². The minimum atomic E-state index is -3.13. The lowest BCUT2D eigenvalue weighted by atomic mass is 10.1. The lowest BCUT2D eigenvalue weighted by Gasteiger charge is -2.23. The van der Waals surface area contributed by atoms with Crippen molar-refractivity contribution < 1.29 is 13.5 Å². The zero-order chi connectivity index (χ0) is 15.5. The Labute approximate surface area is 126 Å². The van der Waals surface area contributed by atoms with Crippen LogP contribution in [0, 0.1) is 17.8 Å². The van der Waals surface area contributed by atoms with E-state index < -0.39 is 10.0 Å². The van der Waals surface area contributed by atoms with E-state index in [1.807, 2.05) is 38.1 Å². The molecular formula is C16H21NO3S. The summed E-state index contributed by atoms with van der Waals surface area (Å²) in [4.78, 5) is 0. The van der Waals surface area contributed by atoms with E-state index in [0.717, 1.165) is 11.1 Å². The Morgan fingerprint density at radius 2 is 2.05 bits per heavy atom. The minimum absolute atomic E-state index is 0.0626. The zero-order valence-corrected chi connectivity index (χ0v) is 13.2. The molecule has 1 fully saturated rings. The maximum atomic E-state index is 12.1. The molecule has 1 N–H and O–H groups in total. The average Bonchev–Trinajstić information content (AvgIpc) is 2.72. The second-order valence-corrected chi connectivity index (χ2v) is 7.49. The Balaban J connectivity index is 2.14. The van der Waals surface area contributed by atoms with Crippen LogP contribution in [0.15, 0.2) is 24.3 Å². The Morgan fingerprint density at radius 1 is 1.38 bits per heavy atom. The van der Waals surface area contributed by atoms with Gasteiger partial charge >= 0.3 is 0 Å². The van der Waals surface area contributed by atoms with Gasteiger partial charge in [0.2, 0.25) is 10.0 Å². The van der Waals surface area contributed by atoms with Crippen molar-refractivity contribution >= 4 is 10.0 Å². The SMILES string of the molecule is CC1CN(C(C)c2ccc(C#CCCO)cc2)S(=O)(=O)C1. The van der Waals surface area contributed by atoms with E-state index >= 15 is 0 Å². The smallest absolute Gasteiger partial charge is 0.214 e. The largest absolute Gasteiger partial charge is 0.395 e. The molecule has 4 nitrogen and oxygen atoms in total. The maximum Gasteiger partial charge on any atom is 0.214 e. The number of hydrogen-bond donors (Lipinski definition) is 1. The van der Waals surface area contributed by atoms with Crippen molar-refractivity contribution in [2.24, 2.45) is 5.92 Å². The van der Waals surface area contributed by atoms with Crippen LogP contribution in [-0.4, -0.2) is 36.7 Å². The van der Waals surface area contributed by atoms with E-state index in [2.05, 4.69) is 11.8 Å². The normalized spacial score (nSPS) is 22.5. The van der Waals surface area contributed by atoms with Gasteiger partial charge in [-0.2, -0.15) is 4.31 Å². The molecule has 5 heteroatoms. The fraction of sp³-hybridized carbons (Fsp3) is 0.500. The number of rotatable bonds is 3. The fourth-order valence-corrected chi connectivity index (χ4v) is 4.66. The summed E-state index contributed by atoms with van der Waals surface area (Å²) in [6, 6.07) is 7.47. The molecule has 0 amide bonds. The topological polar surface area (TPSA) is 57.6 Å². The number of benzene rings is 1. The van der Waals surface area contributed by atoms with Crippen LogP contribution in [0.4, 0.5) is 0 Å². The van der Waals surface area contributed by atoms with Gasteiger partial charge in [-0.05, 0) is 30.5 Å². The van der Waals surface area contributed by atoms with Gasteiger partial charge in [0, 0.05) is 24.6 Å². The summed E-state index contributed by atoms with van der Waals surface area (Å²) < 4.78 is 25.8. The number of aliphatic hydroxyl groups is 1. The van der Waals surface area contributed by atoms with Crippen molar-refractivity contribution in [1.29, 1.82) is 0 Å². The van der Waals surface area contributed by atoms with Gasteiger partial charge in [0.1, 0.15) is 0 Å². The van der Waals surface area contributed by atoms with Gasteiger partial charge in [-0.3, -0.25) is 0 Å². The van der Waals surface area contributed by atoms with Crippen LogP contribution in [0.3, 0.4) is 0 Å². The van der Waals surface area contributed by atoms with Gasteiger partial charge in [0.25, 0.3) is 0 Å². The minimum Gasteiger partial charge on any atom is -0.395 e. The molecule has 2 rings (SSSR count). The van der Waals surface area contributed by atoms with Crippen molar-refractivity contribution in [3.05, 3.63) is 35.4 Å². The van der Waals surface area contributed by atoms with Crippen molar-refractivity contribution in [3.8, 4) is 11.8 Å². The number of aliphatic hydroxyl groups excluding tert-OH is 1. The fourth-order valence-electron chi connectivity index (χ4n) is 2.56. The van der Waals surface area contributed by atoms with E-state index in [-0.39, 0.29) is 24.3 Å². The molecule has 0 aliphatic carbocycles. The third kappa shape index (κ3) is 3.85. The molecule has 0 radical (unpaired) electrons. The van der Waals surface area contributed by atoms with Crippen molar-refractivity contribution in [2.45, 2.75) is 26.3 Å². The highest BCUT2D eigenvalue weighted by Crippen LogP contribution is 2.30.